The van der Waals surface area contributed by atoms with Gasteiger partial charge in [-0.15, -0.1) is 11.3 Å². The SMILES string of the molecule is Cc1sc2ncnc(SCC(=O)N[C@H](C)c3ccc(F)c(F)c3)c2c1C. The molecule has 0 radical (unpaired) electrons. The lowest BCUT2D eigenvalue weighted by atomic mass is 10.1. The number of amides is 1. The van der Waals surface area contributed by atoms with Crippen LogP contribution < -0.4 is 5.32 Å². The molecule has 0 aliphatic carbocycles. The van der Waals surface area contributed by atoms with Gasteiger partial charge in [-0.25, -0.2) is 18.7 Å². The number of rotatable bonds is 5. The maximum atomic E-state index is 13.3. The Kier molecular flexibility index (Phi) is 5.52. The number of nitrogens with zero attached hydrogens (tertiary/aromatic N) is 2. The third-order valence-corrected chi connectivity index (χ3v) is 6.20. The van der Waals surface area contributed by atoms with Gasteiger partial charge in [-0.2, -0.15) is 0 Å². The van der Waals surface area contributed by atoms with Gasteiger partial charge in [0, 0.05) is 10.3 Å². The zero-order chi connectivity index (χ0) is 18.8. The van der Waals surface area contributed by atoms with E-state index in [1.165, 1.54) is 29.0 Å². The lowest BCUT2D eigenvalue weighted by Crippen LogP contribution is -2.28. The van der Waals surface area contributed by atoms with E-state index in [1.807, 2.05) is 13.8 Å². The van der Waals surface area contributed by atoms with Gasteiger partial charge >= 0.3 is 0 Å². The fraction of sp³-hybridized carbons (Fsp3) is 0.278. The molecule has 4 nitrogen and oxygen atoms in total. The van der Waals surface area contributed by atoms with E-state index in [9.17, 15) is 13.6 Å². The molecule has 0 unspecified atom stereocenters. The fourth-order valence-corrected chi connectivity index (χ4v) is 4.47. The average molecular weight is 393 g/mol. The Balaban J connectivity index is 1.67. The van der Waals surface area contributed by atoms with Crippen molar-refractivity contribution in [3.8, 4) is 0 Å². The molecular formula is C18H17F2N3OS2. The van der Waals surface area contributed by atoms with Crippen molar-refractivity contribution >= 4 is 39.2 Å². The number of hydrogen-bond donors (Lipinski definition) is 1. The number of halogens is 2. The second-order valence-electron chi connectivity index (χ2n) is 5.89. The molecule has 1 atom stereocenters. The Labute approximate surface area is 158 Å². The Hall–Kier alpha value is -2.06. The molecule has 0 fully saturated rings. The van der Waals surface area contributed by atoms with Crippen molar-refractivity contribution in [1.29, 1.82) is 0 Å². The number of nitrogens with one attached hydrogen (secondary N) is 1. The van der Waals surface area contributed by atoms with Crippen LogP contribution in [0.2, 0.25) is 0 Å². The summed E-state index contributed by atoms with van der Waals surface area (Å²) >= 11 is 2.94. The molecule has 1 amide bonds. The Morgan fingerprint density at radius 2 is 2.04 bits per heavy atom. The van der Waals surface area contributed by atoms with Gasteiger partial charge < -0.3 is 5.32 Å². The van der Waals surface area contributed by atoms with Gasteiger partial charge in [-0.3, -0.25) is 4.79 Å². The molecule has 0 bridgehead atoms. The van der Waals surface area contributed by atoms with Gasteiger partial charge in [0.2, 0.25) is 5.91 Å². The van der Waals surface area contributed by atoms with Crippen molar-refractivity contribution in [3.05, 3.63) is 52.2 Å². The molecule has 2 aromatic heterocycles. The monoisotopic (exact) mass is 393 g/mol. The number of benzene rings is 1. The minimum atomic E-state index is -0.926. The molecule has 0 saturated carbocycles. The topological polar surface area (TPSA) is 54.9 Å². The van der Waals surface area contributed by atoms with Crippen LogP contribution in [0.3, 0.4) is 0 Å². The number of thiophene rings is 1. The summed E-state index contributed by atoms with van der Waals surface area (Å²) in [5.74, 6) is -1.86. The molecule has 2 heterocycles. The fourth-order valence-electron chi connectivity index (χ4n) is 2.54. The summed E-state index contributed by atoms with van der Waals surface area (Å²) in [6.07, 6.45) is 1.50. The number of fused-ring (bicyclic) bond motifs is 1. The maximum Gasteiger partial charge on any atom is 0.230 e. The van der Waals surface area contributed by atoms with Crippen LogP contribution in [0.5, 0.6) is 0 Å². The lowest BCUT2D eigenvalue weighted by Gasteiger charge is -2.14. The Bertz CT molecular complexity index is 974. The standard InChI is InChI=1S/C18H17F2N3OS2/c1-9-11(3)26-18-16(9)17(21-8-22-18)25-7-15(24)23-10(2)12-4-5-13(19)14(20)6-12/h4-6,8,10H,7H2,1-3H3,(H,23,24)/t10-/m1/s1. The minimum absolute atomic E-state index is 0.175. The van der Waals surface area contributed by atoms with Crippen molar-refractivity contribution in [3.63, 3.8) is 0 Å². The molecule has 136 valence electrons. The zero-order valence-electron chi connectivity index (χ0n) is 14.5. The second kappa shape index (κ2) is 7.67. The third kappa shape index (κ3) is 3.86. The highest BCUT2D eigenvalue weighted by Crippen LogP contribution is 2.34. The summed E-state index contributed by atoms with van der Waals surface area (Å²) in [5, 5.41) is 4.55. The number of carbonyl (C=O) groups is 1. The number of thioether (sulfide) groups is 1. The number of hydrogen-bond acceptors (Lipinski definition) is 5. The molecule has 0 saturated heterocycles. The van der Waals surface area contributed by atoms with Crippen LogP contribution in [0, 0.1) is 25.5 Å². The van der Waals surface area contributed by atoms with Gasteiger partial charge in [0.15, 0.2) is 11.6 Å². The van der Waals surface area contributed by atoms with Gasteiger partial charge in [-0.1, -0.05) is 17.8 Å². The molecule has 3 rings (SSSR count). The van der Waals surface area contributed by atoms with E-state index in [2.05, 4.69) is 15.3 Å². The first-order valence-electron chi connectivity index (χ1n) is 7.94. The summed E-state index contributed by atoms with van der Waals surface area (Å²) < 4.78 is 26.3. The lowest BCUT2D eigenvalue weighted by molar-refractivity contribution is -0.119. The van der Waals surface area contributed by atoms with E-state index < -0.39 is 17.7 Å². The average Bonchev–Trinajstić information content (AvgIpc) is 2.90. The van der Waals surface area contributed by atoms with Crippen molar-refractivity contribution in [2.75, 3.05) is 5.75 Å². The van der Waals surface area contributed by atoms with Crippen molar-refractivity contribution < 1.29 is 13.6 Å². The normalized spacial score (nSPS) is 12.3. The van der Waals surface area contributed by atoms with Crippen LogP contribution in [-0.4, -0.2) is 21.6 Å². The van der Waals surface area contributed by atoms with Crippen molar-refractivity contribution in [2.24, 2.45) is 0 Å². The second-order valence-corrected chi connectivity index (χ2v) is 8.06. The molecule has 1 N–H and O–H groups in total. The first-order valence-corrected chi connectivity index (χ1v) is 9.75. The van der Waals surface area contributed by atoms with Crippen LogP contribution in [0.4, 0.5) is 8.78 Å². The Morgan fingerprint density at radius 3 is 2.77 bits per heavy atom. The van der Waals surface area contributed by atoms with E-state index in [1.54, 1.807) is 18.3 Å². The summed E-state index contributed by atoms with van der Waals surface area (Å²) in [6.45, 7) is 5.78. The van der Waals surface area contributed by atoms with E-state index in [-0.39, 0.29) is 11.7 Å². The van der Waals surface area contributed by atoms with Crippen LogP contribution in [-0.2, 0) is 4.79 Å². The highest BCUT2D eigenvalue weighted by Gasteiger charge is 2.15. The van der Waals surface area contributed by atoms with Crippen LogP contribution in [0.25, 0.3) is 10.2 Å². The third-order valence-electron chi connectivity index (χ3n) is 4.09. The first-order chi connectivity index (χ1) is 12.4. The molecular weight excluding hydrogens is 376 g/mol. The molecule has 0 aliphatic heterocycles. The molecule has 3 aromatic rings. The summed E-state index contributed by atoms with van der Waals surface area (Å²) in [5.41, 5.74) is 1.64. The highest BCUT2D eigenvalue weighted by atomic mass is 32.2. The van der Waals surface area contributed by atoms with Crippen molar-refractivity contribution in [1.82, 2.24) is 15.3 Å². The van der Waals surface area contributed by atoms with Crippen LogP contribution in [0.15, 0.2) is 29.6 Å². The maximum absolute atomic E-state index is 13.3. The van der Waals surface area contributed by atoms with E-state index in [0.29, 0.717) is 5.56 Å². The van der Waals surface area contributed by atoms with Crippen molar-refractivity contribution in [2.45, 2.75) is 31.8 Å². The number of aryl methyl sites for hydroxylation is 2. The van der Waals surface area contributed by atoms with Gasteiger partial charge in [0.05, 0.1) is 11.8 Å². The van der Waals surface area contributed by atoms with E-state index in [4.69, 9.17) is 0 Å². The van der Waals surface area contributed by atoms with Crippen LogP contribution in [0.1, 0.15) is 29.0 Å². The highest BCUT2D eigenvalue weighted by molar-refractivity contribution is 8.00. The van der Waals surface area contributed by atoms with E-state index in [0.717, 1.165) is 32.9 Å². The number of carbonyl (C=O) groups excluding carboxylic acids is 1. The predicted octanol–water partition coefficient (Wildman–Crippen LogP) is 4.56. The van der Waals surface area contributed by atoms with E-state index >= 15 is 0 Å². The summed E-state index contributed by atoms with van der Waals surface area (Å²) in [7, 11) is 0. The molecule has 26 heavy (non-hydrogen) atoms. The van der Waals surface area contributed by atoms with Gasteiger partial charge in [-0.05, 0) is 44.0 Å². The molecule has 0 spiro atoms. The first kappa shape index (κ1) is 18.7. The molecule has 1 aromatic carbocycles. The largest absolute Gasteiger partial charge is 0.349 e. The predicted molar refractivity (Wildman–Crippen MR) is 101 cm³/mol. The smallest absolute Gasteiger partial charge is 0.230 e. The van der Waals surface area contributed by atoms with Crippen LogP contribution >= 0.6 is 23.1 Å². The zero-order valence-corrected chi connectivity index (χ0v) is 16.1. The molecule has 8 heteroatoms. The minimum Gasteiger partial charge on any atom is -0.349 e. The summed E-state index contributed by atoms with van der Waals surface area (Å²) in [4.78, 5) is 22.9. The summed E-state index contributed by atoms with van der Waals surface area (Å²) in [6, 6.07) is 3.19. The quantitative estimate of drug-likeness (QED) is 0.510. The Morgan fingerprint density at radius 1 is 1.27 bits per heavy atom. The van der Waals surface area contributed by atoms with Gasteiger partial charge in [0.25, 0.3) is 0 Å². The number of aromatic nitrogens is 2. The molecule has 0 aliphatic rings. The van der Waals surface area contributed by atoms with Gasteiger partial charge in [0.1, 0.15) is 16.2 Å².